The van der Waals surface area contributed by atoms with Gasteiger partial charge in [0.1, 0.15) is 16.3 Å². The predicted molar refractivity (Wildman–Crippen MR) is 135 cm³/mol. The summed E-state index contributed by atoms with van der Waals surface area (Å²) in [6.45, 7) is 2.93. The molecule has 37 heavy (non-hydrogen) atoms. The summed E-state index contributed by atoms with van der Waals surface area (Å²) in [6.07, 6.45) is 4.33. The second kappa shape index (κ2) is 10.7. The number of phenols is 1. The predicted octanol–water partition coefficient (Wildman–Crippen LogP) is 3.29. The highest BCUT2D eigenvalue weighted by atomic mass is 35.5. The van der Waals surface area contributed by atoms with Crippen LogP contribution in [0.5, 0.6) is 11.5 Å². The lowest BCUT2D eigenvalue weighted by Gasteiger charge is -2.54. The number of hydrogen-bond acceptors (Lipinski definition) is 6. The highest BCUT2D eigenvalue weighted by Crippen LogP contribution is 2.48. The first kappa shape index (κ1) is 26.9. The maximum absolute atomic E-state index is 14.4. The maximum Gasteiger partial charge on any atom is 0.274 e. The van der Waals surface area contributed by atoms with Gasteiger partial charge in [0.05, 0.1) is 12.1 Å². The van der Waals surface area contributed by atoms with Crippen molar-refractivity contribution in [1.29, 1.82) is 0 Å². The lowest BCUT2D eigenvalue weighted by atomic mass is 9.67. The van der Waals surface area contributed by atoms with Gasteiger partial charge < -0.3 is 29.4 Å². The number of pyridine rings is 1. The molecular formula is C26H31ClFN3O6. The summed E-state index contributed by atoms with van der Waals surface area (Å²) in [6, 6.07) is 2.52. The third kappa shape index (κ3) is 4.92. The number of nitrogens with one attached hydrogen (secondary N) is 1. The molecule has 0 unspecified atom stereocenters. The van der Waals surface area contributed by atoms with Gasteiger partial charge in [0.2, 0.25) is 5.43 Å². The molecule has 9 nitrogen and oxygen atoms in total. The van der Waals surface area contributed by atoms with Gasteiger partial charge in [0.15, 0.2) is 17.3 Å². The molecule has 2 aliphatic rings. The number of halogens is 2. The Labute approximate surface area is 219 Å². The Hall–Kier alpha value is -3.11. The van der Waals surface area contributed by atoms with E-state index in [2.05, 4.69) is 5.32 Å². The lowest BCUT2D eigenvalue weighted by molar-refractivity contribution is -0.0191. The maximum atomic E-state index is 14.4. The standard InChI is InChI=1S/C26H31ClFN3O6/c1-4-5-8-37-23-21-25(35)30(2)14-26(9-15(10-26)13-36-3)31(21)12-17(22(23)33)24(34)29-11-16-6-7-18(32)19(27)20(16)28/h6-7,12,15,32H,4-5,8-11,13-14H2,1-3H3,(H,29,34)/t15-,26-. The van der Waals surface area contributed by atoms with Gasteiger partial charge >= 0.3 is 0 Å². The van der Waals surface area contributed by atoms with Crippen molar-refractivity contribution in [2.45, 2.75) is 44.7 Å². The number of benzene rings is 1. The summed E-state index contributed by atoms with van der Waals surface area (Å²) < 4.78 is 27.3. The molecule has 1 aliphatic heterocycles. The third-order valence-electron chi connectivity index (χ3n) is 7.07. The van der Waals surface area contributed by atoms with E-state index in [1.807, 2.05) is 6.92 Å². The minimum Gasteiger partial charge on any atom is -0.506 e. The van der Waals surface area contributed by atoms with Crippen LogP contribution < -0.4 is 15.5 Å². The van der Waals surface area contributed by atoms with Crippen molar-refractivity contribution in [1.82, 2.24) is 14.8 Å². The summed E-state index contributed by atoms with van der Waals surface area (Å²) in [7, 11) is 3.33. The number of nitrogens with zero attached hydrogens (tertiary/aromatic N) is 2. The van der Waals surface area contributed by atoms with E-state index in [0.29, 0.717) is 32.4 Å². The van der Waals surface area contributed by atoms with Crippen LogP contribution in [0.3, 0.4) is 0 Å². The van der Waals surface area contributed by atoms with Crippen molar-refractivity contribution >= 4 is 23.4 Å². The number of methoxy groups -OCH3 is 1. The van der Waals surface area contributed by atoms with Gasteiger partial charge in [-0.3, -0.25) is 14.4 Å². The molecule has 1 aromatic carbocycles. The first-order valence-corrected chi connectivity index (χ1v) is 12.6. The molecule has 1 aliphatic carbocycles. The van der Waals surface area contributed by atoms with Crippen LogP contribution in [0.4, 0.5) is 4.39 Å². The quantitative estimate of drug-likeness (QED) is 0.477. The number of phenolic OH excluding ortho intramolecular Hbond substituents is 1. The number of fused-ring (bicyclic) bond motifs is 2. The third-order valence-corrected chi connectivity index (χ3v) is 7.43. The van der Waals surface area contributed by atoms with E-state index in [1.54, 1.807) is 23.6 Å². The number of carbonyl (C=O) groups is 2. The number of carbonyl (C=O) groups excluding carboxylic acids is 2. The Morgan fingerprint density at radius 1 is 1.32 bits per heavy atom. The number of likely N-dealkylation sites (N-methyl/N-ethyl adjacent to an activating group) is 1. The number of hydrogen-bond donors (Lipinski definition) is 2. The first-order valence-electron chi connectivity index (χ1n) is 12.2. The van der Waals surface area contributed by atoms with Crippen LogP contribution in [0.25, 0.3) is 0 Å². The van der Waals surface area contributed by atoms with Crippen molar-refractivity contribution in [3.8, 4) is 11.5 Å². The van der Waals surface area contributed by atoms with Gasteiger partial charge in [0.25, 0.3) is 11.8 Å². The summed E-state index contributed by atoms with van der Waals surface area (Å²) in [5.74, 6) is -2.23. The number of unbranched alkanes of at least 4 members (excludes halogenated alkanes) is 1. The molecular weight excluding hydrogens is 505 g/mol. The Morgan fingerprint density at radius 3 is 2.73 bits per heavy atom. The van der Waals surface area contributed by atoms with Crippen LogP contribution in [-0.2, 0) is 16.8 Å². The van der Waals surface area contributed by atoms with Gasteiger partial charge in [-0.2, -0.15) is 0 Å². The Kier molecular flexibility index (Phi) is 7.80. The second-order valence-electron chi connectivity index (χ2n) is 9.79. The Balaban J connectivity index is 1.73. The van der Waals surface area contributed by atoms with E-state index >= 15 is 0 Å². The van der Waals surface area contributed by atoms with Crippen molar-refractivity contribution in [2.24, 2.45) is 5.92 Å². The van der Waals surface area contributed by atoms with Crippen molar-refractivity contribution in [2.75, 3.05) is 33.9 Å². The van der Waals surface area contributed by atoms with Gasteiger partial charge in [-0.05, 0) is 31.2 Å². The molecule has 1 fully saturated rings. The second-order valence-corrected chi connectivity index (χ2v) is 10.2. The average Bonchev–Trinajstić information content (AvgIpc) is 2.85. The van der Waals surface area contributed by atoms with Crippen LogP contribution in [-0.4, -0.2) is 60.3 Å². The topological polar surface area (TPSA) is 110 Å². The van der Waals surface area contributed by atoms with E-state index in [-0.39, 0.29) is 47.5 Å². The molecule has 1 aromatic heterocycles. The van der Waals surface area contributed by atoms with E-state index in [9.17, 15) is 23.9 Å². The lowest BCUT2D eigenvalue weighted by Crippen LogP contribution is -2.60. The molecule has 2 heterocycles. The minimum absolute atomic E-state index is 0.0447. The summed E-state index contributed by atoms with van der Waals surface area (Å²) in [4.78, 5) is 41.5. The van der Waals surface area contributed by atoms with Crippen molar-refractivity contribution in [3.05, 3.63) is 56.2 Å². The Bertz CT molecular complexity index is 1270. The molecule has 1 saturated carbocycles. The van der Waals surface area contributed by atoms with Gasteiger partial charge in [-0.25, -0.2) is 4.39 Å². The number of aromatic hydroxyl groups is 1. The monoisotopic (exact) mass is 535 g/mol. The number of amides is 2. The smallest absolute Gasteiger partial charge is 0.274 e. The number of aromatic nitrogens is 1. The van der Waals surface area contributed by atoms with Gasteiger partial charge in [-0.1, -0.05) is 31.0 Å². The van der Waals surface area contributed by atoms with Gasteiger partial charge in [0, 0.05) is 45.6 Å². The largest absolute Gasteiger partial charge is 0.506 e. The highest BCUT2D eigenvalue weighted by molar-refractivity contribution is 6.32. The molecule has 0 radical (unpaired) electrons. The number of ether oxygens (including phenoxy) is 2. The number of rotatable bonds is 9. The average molecular weight is 536 g/mol. The SMILES string of the molecule is CCCCOc1c2n(cc(C(=O)NCc3ccc(O)c(Cl)c3F)c1=O)[C@]1(CN(C)C2=O)C[C@@H](COC)C1. The molecule has 200 valence electrons. The zero-order valence-corrected chi connectivity index (χ0v) is 21.9. The molecule has 1 spiro atoms. The molecule has 11 heteroatoms. The summed E-state index contributed by atoms with van der Waals surface area (Å²) >= 11 is 5.76. The van der Waals surface area contributed by atoms with Crippen LogP contribution in [0, 0.1) is 11.7 Å². The summed E-state index contributed by atoms with van der Waals surface area (Å²) in [5, 5.41) is 11.7. The van der Waals surface area contributed by atoms with Crippen molar-refractivity contribution < 1.29 is 28.6 Å². The zero-order valence-electron chi connectivity index (χ0n) is 21.1. The van der Waals surface area contributed by atoms with Crippen LogP contribution in [0.15, 0.2) is 23.1 Å². The molecule has 0 saturated heterocycles. The van der Waals surface area contributed by atoms with Crippen LogP contribution in [0.2, 0.25) is 5.02 Å². The fourth-order valence-electron chi connectivity index (χ4n) is 5.23. The van der Waals surface area contributed by atoms with E-state index < -0.39 is 33.5 Å². The fourth-order valence-corrected chi connectivity index (χ4v) is 5.42. The first-order chi connectivity index (χ1) is 17.6. The van der Waals surface area contributed by atoms with Crippen molar-refractivity contribution in [3.63, 3.8) is 0 Å². The van der Waals surface area contributed by atoms with Crippen LogP contribution in [0.1, 0.15) is 59.0 Å². The molecule has 0 atom stereocenters. The molecule has 4 rings (SSSR count). The molecule has 2 aromatic rings. The normalized spacial score (nSPS) is 20.5. The summed E-state index contributed by atoms with van der Waals surface area (Å²) in [5.41, 5.74) is -1.21. The molecule has 2 amide bonds. The van der Waals surface area contributed by atoms with E-state index in [4.69, 9.17) is 21.1 Å². The molecule has 0 bridgehead atoms. The highest BCUT2D eigenvalue weighted by Gasteiger charge is 2.52. The van der Waals surface area contributed by atoms with E-state index in [0.717, 1.165) is 6.42 Å². The van der Waals surface area contributed by atoms with Crippen LogP contribution >= 0.6 is 11.6 Å². The molecule has 2 N–H and O–H groups in total. The minimum atomic E-state index is -0.862. The van der Waals surface area contributed by atoms with E-state index in [1.165, 1.54) is 18.3 Å². The van der Waals surface area contributed by atoms with Gasteiger partial charge in [-0.15, -0.1) is 0 Å². The Morgan fingerprint density at radius 2 is 2.05 bits per heavy atom. The zero-order chi connectivity index (χ0) is 26.9. The fraction of sp³-hybridized carbons (Fsp3) is 0.500.